The zero-order valence-corrected chi connectivity index (χ0v) is 18.1. The first-order chi connectivity index (χ1) is 12.4. The van der Waals surface area contributed by atoms with Gasteiger partial charge in [-0.1, -0.05) is 112 Å². The van der Waals surface area contributed by atoms with E-state index in [-0.39, 0.29) is 13.2 Å². The lowest BCUT2D eigenvalue weighted by Crippen LogP contribution is -2.47. The van der Waals surface area contributed by atoms with Gasteiger partial charge >= 0.3 is 0 Å². The van der Waals surface area contributed by atoms with Gasteiger partial charge in [-0.15, -0.1) is 0 Å². The van der Waals surface area contributed by atoms with Crippen molar-refractivity contribution in [3.05, 3.63) is 30.3 Å². The van der Waals surface area contributed by atoms with Gasteiger partial charge in [-0.05, 0) is 6.42 Å². The summed E-state index contributed by atoms with van der Waals surface area (Å²) in [6, 6.07) is 12.5. The summed E-state index contributed by atoms with van der Waals surface area (Å²) >= 11 is 0. The maximum Gasteiger partial charge on any atom is 0.0806 e. The van der Waals surface area contributed by atoms with E-state index in [2.05, 4.69) is 43.4 Å². The van der Waals surface area contributed by atoms with Crippen molar-refractivity contribution < 1.29 is 10.2 Å². The molecule has 4 N–H and O–H groups in total. The van der Waals surface area contributed by atoms with E-state index >= 15 is 0 Å². The summed E-state index contributed by atoms with van der Waals surface area (Å²) in [4.78, 5) is 0. The molecule has 0 radical (unpaired) electrons. The number of aliphatic hydroxyl groups excluding tert-OH is 2. The molecule has 150 valence electrons. The Hall–Kier alpha value is -0.683. The van der Waals surface area contributed by atoms with Gasteiger partial charge in [-0.25, -0.2) is 0 Å². The molecule has 3 nitrogen and oxygen atoms in total. The summed E-state index contributed by atoms with van der Waals surface area (Å²) < 4.78 is 0. The number of rotatable bonds is 15. The number of aliphatic hydroxyl groups is 2. The van der Waals surface area contributed by atoms with Crippen molar-refractivity contribution in [2.45, 2.75) is 88.9 Å². The number of nitrogens with two attached hydrogens (primary N) is 1. The summed E-state index contributed by atoms with van der Waals surface area (Å²) in [7, 11) is -1.24. The molecule has 0 heterocycles. The predicted octanol–water partition coefficient (Wildman–Crippen LogP) is 4.19. The molecular formula is C22H41NO2Si. The number of unbranched alkanes of at least 4 members (excludes halogenated alkanes) is 8. The third-order valence-corrected chi connectivity index (χ3v) is 9.16. The first-order valence-corrected chi connectivity index (χ1v) is 13.7. The van der Waals surface area contributed by atoms with Crippen LogP contribution in [0, 0.1) is 0 Å². The van der Waals surface area contributed by atoms with E-state index in [1.165, 1.54) is 51.0 Å². The average Bonchev–Trinajstić information content (AvgIpc) is 2.66. The molecule has 0 fully saturated rings. The number of hydrogen-bond acceptors (Lipinski definition) is 3. The molecule has 26 heavy (non-hydrogen) atoms. The van der Waals surface area contributed by atoms with E-state index in [0.29, 0.717) is 6.42 Å². The van der Waals surface area contributed by atoms with Gasteiger partial charge in [0.2, 0.25) is 0 Å². The van der Waals surface area contributed by atoms with Gasteiger partial charge in [0.15, 0.2) is 0 Å². The topological polar surface area (TPSA) is 66.5 Å². The Bertz CT molecular complexity index is 460. The molecule has 0 bridgehead atoms. The molecular weight excluding hydrogens is 338 g/mol. The smallest absolute Gasteiger partial charge is 0.0806 e. The van der Waals surface area contributed by atoms with Crippen LogP contribution in [0.3, 0.4) is 0 Å². The van der Waals surface area contributed by atoms with E-state index in [1.54, 1.807) is 5.19 Å². The fraction of sp³-hybridized carbons (Fsp3) is 0.727. The van der Waals surface area contributed by atoms with E-state index in [1.807, 2.05) is 0 Å². The molecule has 0 aliphatic rings. The molecule has 1 rings (SSSR count). The van der Waals surface area contributed by atoms with Crippen LogP contribution in [-0.4, -0.2) is 37.0 Å². The molecule has 4 heteroatoms. The minimum absolute atomic E-state index is 0.132. The van der Waals surface area contributed by atoms with Crippen molar-refractivity contribution in [2.75, 3.05) is 13.2 Å². The standard InChI is InChI=1S/C22H41NO2Si/c1-26(2,21-15-11-10-12-16-21)18-14-9-7-5-3-4-6-8-13-17-22(23,19-24)20-25/h10-12,15-16,24-25H,3-9,13-14,17-20,23H2,1-2H3. The van der Waals surface area contributed by atoms with Gasteiger partial charge < -0.3 is 15.9 Å². The highest BCUT2D eigenvalue weighted by Crippen LogP contribution is 2.18. The quantitative estimate of drug-likeness (QED) is 0.316. The van der Waals surface area contributed by atoms with Crippen molar-refractivity contribution in [1.29, 1.82) is 0 Å². The molecule has 0 spiro atoms. The normalized spacial score (nSPS) is 12.5. The third-order valence-electron chi connectivity index (χ3n) is 5.66. The van der Waals surface area contributed by atoms with Crippen LogP contribution in [0.2, 0.25) is 19.1 Å². The Labute approximate surface area is 162 Å². The maximum absolute atomic E-state index is 9.16. The van der Waals surface area contributed by atoms with Crippen LogP contribution in [0.15, 0.2) is 30.3 Å². The highest BCUT2D eigenvalue weighted by molar-refractivity contribution is 6.89. The minimum atomic E-state index is -1.24. The highest BCUT2D eigenvalue weighted by Gasteiger charge is 2.22. The summed E-state index contributed by atoms with van der Waals surface area (Å²) in [6.07, 6.45) is 12.2. The summed E-state index contributed by atoms with van der Waals surface area (Å²) in [5.41, 5.74) is 5.10. The average molecular weight is 380 g/mol. The molecule has 0 aliphatic carbocycles. The zero-order valence-electron chi connectivity index (χ0n) is 17.1. The highest BCUT2D eigenvalue weighted by atomic mass is 28.3. The number of benzene rings is 1. The van der Waals surface area contributed by atoms with Gasteiger partial charge in [-0.2, -0.15) is 0 Å². The fourth-order valence-corrected chi connectivity index (χ4v) is 6.04. The Kier molecular flexibility index (Phi) is 11.4. The summed E-state index contributed by atoms with van der Waals surface area (Å²) in [5, 5.41) is 19.9. The van der Waals surface area contributed by atoms with Crippen LogP contribution >= 0.6 is 0 Å². The van der Waals surface area contributed by atoms with Crippen molar-refractivity contribution in [1.82, 2.24) is 0 Å². The molecule has 0 saturated heterocycles. The molecule has 0 unspecified atom stereocenters. The van der Waals surface area contributed by atoms with E-state index in [4.69, 9.17) is 15.9 Å². The minimum Gasteiger partial charge on any atom is -0.394 e. The number of hydrogen-bond donors (Lipinski definition) is 3. The van der Waals surface area contributed by atoms with Crippen LogP contribution in [-0.2, 0) is 0 Å². The summed E-state index contributed by atoms with van der Waals surface area (Å²) in [6.45, 7) is 4.72. The molecule has 0 aromatic heterocycles. The second-order valence-electron chi connectivity index (χ2n) is 8.61. The lowest BCUT2D eigenvalue weighted by Gasteiger charge is -2.24. The molecule has 1 aromatic carbocycles. The van der Waals surface area contributed by atoms with Gasteiger partial charge in [-0.3, -0.25) is 0 Å². The largest absolute Gasteiger partial charge is 0.394 e. The molecule has 0 amide bonds. The van der Waals surface area contributed by atoms with Crippen LogP contribution in [0.25, 0.3) is 0 Å². The molecule has 1 aromatic rings. The van der Waals surface area contributed by atoms with E-state index in [9.17, 15) is 0 Å². The Balaban J connectivity index is 1.97. The van der Waals surface area contributed by atoms with E-state index < -0.39 is 13.6 Å². The van der Waals surface area contributed by atoms with Gasteiger partial charge in [0.1, 0.15) is 0 Å². The zero-order chi connectivity index (χ0) is 19.3. The van der Waals surface area contributed by atoms with Crippen LogP contribution in [0.1, 0.15) is 64.2 Å². The van der Waals surface area contributed by atoms with Gasteiger partial charge in [0.25, 0.3) is 0 Å². The first kappa shape index (κ1) is 23.4. The van der Waals surface area contributed by atoms with E-state index in [0.717, 1.165) is 12.8 Å². The lowest BCUT2D eigenvalue weighted by molar-refractivity contribution is 0.112. The second kappa shape index (κ2) is 12.7. The van der Waals surface area contributed by atoms with Crippen molar-refractivity contribution in [3.8, 4) is 0 Å². The van der Waals surface area contributed by atoms with Gasteiger partial charge in [0.05, 0.1) is 26.8 Å². The first-order valence-electron chi connectivity index (χ1n) is 10.5. The predicted molar refractivity (Wildman–Crippen MR) is 116 cm³/mol. The molecule has 0 saturated carbocycles. The third kappa shape index (κ3) is 9.31. The SMILES string of the molecule is C[Si](C)(CCCCCCCCCCCC(N)(CO)CO)c1ccccc1. The van der Waals surface area contributed by atoms with Crippen LogP contribution in [0.4, 0.5) is 0 Å². The summed E-state index contributed by atoms with van der Waals surface area (Å²) in [5.74, 6) is 0. The Morgan fingerprint density at radius 1 is 0.769 bits per heavy atom. The van der Waals surface area contributed by atoms with Crippen molar-refractivity contribution in [2.24, 2.45) is 5.73 Å². The Morgan fingerprint density at radius 3 is 1.73 bits per heavy atom. The lowest BCUT2D eigenvalue weighted by atomic mass is 9.94. The van der Waals surface area contributed by atoms with Crippen LogP contribution in [0.5, 0.6) is 0 Å². The van der Waals surface area contributed by atoms with Gasteiger partial charge in [0, 0.05) is 0 Å². The monoisotopic (exact) mass is 379 g/mol. The molecule has 0 aliphatic heterocycles. The molecule has 0 atom stereocenters. The van der Waals surface area contributed by atoms with Crippen molar-refractivity contribution in [3.63, 3.8) is 0 Å². The Morgan fingerprint density at radius 2 is 1.23 bits per heavy atom. The van der Waals surface area contributed by atoms with Crippen LogP contribution < -0.4 is 10.9 Å². The maximum atomic E-state index is 9.16. The fourth-order valence-electron chi connectivity index (χ4n) is 3.52. The second-order valence-corrected chi connectivity index (χ2v) is 13.5. The van der Waals surface area contributed by atoms with Crippen molar-refractivity contribution >= 4 is 13.3 Å².